The van der Waals surface area contributed by atoms with Crippen LogP contribution >= 0.6 is 0 Å². The summed E-state index contributed by atoms with van der Waals surface area (Å²) in [5, 5.41) is 20.5. The van der Waals surface area contributed by atoms with E-state index in [1.54, 1.807) is 17.7 Å². The van der Waals surface area contributed by atoms with E-state index in [1.807, 2.05) is 11.8 Å². The molecule has 6 nitrogen and oxygen atoms in total. The molecule has 2 aliphatic heterocycles. The van der Waals surface area contributed by atoms with Gasteiger partial charge in [-0.3, -0.25) is 4.79 Å². The Hall–Kier alpha value is -1.37. The molecule has 3 atom stereocenters. The first kappa shape index (κ1) is 12.7. The van der Waals surface area contributed by atoms with Gasteiger partial charge in [-0.2, -0.15) is 0 Å². The Balaban J connectivity index is 2.13. The summed E-state index contributed by atoms with van der Waals surface area (Å²) in [5.74, 6) is -0.358. The van der Waals surface area contributed by atoms with Gasteiger partial charge < -0.3 is 19.5 Å². The standard InChI is InChI=1S/C13H18N2O4/c1-7-5-14-6-9-15(8(2)3-4-19-9)13(18)10(14)12(17)11(7)16/h5,8-9,13,17-18H,3-4,6H2,1-2H3/t8-,9?,13?/m1/s1. The van der Waals surface area contributed by atoms with E-state index in [0.29, 0.717) is 18.7 Å². The number of hydrogen-bond donors (Lipinski definition) is 2. The molecule has 2 unspecified atom stereocenters. The van der Waals surface area contributed by atoms with Crippen molar-refractivity contribution in [3.8, 4) is 5.75 Å². The van der Waals surface area contributed by atoms with Crippen LogP contribution in [0.15, 0.2) is 11.0 Å². The molecule has 1 aromatic heterocycles. The van der Waals surface area contributed by atoms with Crippen LogP contribution in [0, 0.1) is 6.92 Å². The second-order valence-corrected chi connectivity index (χ2v) is 5.31. The molecule has 1 fully saturated rings. The van der Waals surface area contributed by atoms with Gasteiger partial charge in [-0.1, -0.05) is 0 Å². The predicted molar refractivity (Wildman–Crippen MR) is 67.7 cm³/mol. The van der Waals surface area contributed by atoms with Crippen molar-refractivity contribution in [2.45, 2.75) is 45.3 Å². The summed E-state index contributed by atoms with van der Waals surface area (Å²) in [5.41, 5.74) is 0.310. The Bertz CT molecular complexity index is 568. The minimum Gasteiger partial charge on any atom is -0.503 e. The summed E-state index contributed by atoms with van der Waals surface area (Å²) < 4.78 is 7.39. The van der Waals surface area contributed by atoms with E-state index in [2.05, 4.69) is 0 Å². The van der Waals surface area contributed by atoms with E-state index in [0.717, 1.165) is 6.42 Å². The van der Waals surface area contributed by atoms with Crippen molar-refractivity contribution in [1.82, 2.24) is 9.47 Å². The summed E-state index contributed by atoms with van der Waals surface area (Å²) >= 11 is 0. The van der Waals surface area contributed by atoms with Crippen LogP contribution < -0.4 is 5.43 Å². The number of aromatic nitrogens is 1. The van der Waals surface area contributed by atoms with E-state index in [9.17, 15) is 15.0 Å². The Kier molecular flexibility index (Phi) is 2.88. The van der Waals surface area contributed by atoms with Crippen molar-refractivity contribution in [2.75, 3.05) is 6.61 Å². The van der Waals surface area contributed by atoms with Gasteiger partial charge in [0.25, 0.3) is 0 Å². The highest BCUT2D eigenvalue weighted by atomic mass is 16.5. The van der Waals surface area contributed by atoms with E-state index < -0.39 is 11.7 Å². The van der Waals surface area contributed by atoms with Crippen LogP contribution in [0.5, 0.6) is 5.75 Å². The maximum absolute atomic E-state index is 11.8. The van der Waals surface area contributed by atoms with Gasteiger partial charge >= 0.3 is 0 Å². The number of aryl methyl sites for hydroxylation is 1. The van der Waals surface area contributed by atoms with Gasteiger partial charge in [0.2, 0.25) is 5.43 Å². The first-order valence-corrected chi connectivity index (χ1v) is 6.50. The summed E-state index contributed by atoms with van der Waals surface area (Å²) in [6.07, 6.45) is 1.26. The van der Waals surface area contributed by atoms with Gasteiger partial charge in [0, 0.05) is 17.8 Å². The average Bonchev–Trinajstić information content (AvgIpc) is 2.35. The molecule has 0 bridgehead atoms. The second kappa shape index (κ2) is 4.33. The van der Waals surface area contributed by atoms with Crippen LogP contribution in [0.1, 0.15) is 30.8 Å². The Labute approximate surface area is 110 Å². The van der Waals surface area contributed by atoms with E-state index in [-0.39, 0.29) is 23.7 Å². The maximum atomic E-state index is 11.8. The highest BCUT2D eigenvalue weighted by Crippen LogP contribution is 2.35. The quantitative estimate of drug-likeness (QED) is 0.706. The van der Waals surface area contributed by atoms with Crippen molar-refractivity contribution in [2.24, 2.45) is 0 Å². The molecule has 0 radical (unpaired) electrons. The molecule has 0 amide bonds. The number of ether oxygens (including phenoxy) is 1. The topological polar surface area (TPSA) is 74.9 Å². The predicted octanol–water partition coefficient (Wildman–Crippen LogP) is 0.304. The fourth-order valence-electron chi connectivity index (χ4n) is 2.97. The Morgan fingerprint density at radius 1 is 1.47 bits per heavy atom. The molecule has 6 heteroatoms. The Morgan fingerprint density at radius 2 is 2.21 bits per heavy atom. The molecule has 3 rings (SSSR count). The van der Waals surface area contributed by atoms with Gasteiger partial charge in [0.1, 0.15) is 11.9 Å². The van der Waals surface area contributed by atoms with Crippen LogP contribution in [0.25, 0.3) is 0 Å². The monoisotopic (exact) mass is 266 g/mol. The number of pyridine rings is 1. The third kappa shape index (κ3) is 1.79. The number of aromatic hydroxyl groups is 1. The summed E-state index contributed by atoms with van der Waals surface area (Å²) in [7, 11) is 0. The smallest absolute Gasteiger partial charge is 0.226 e. The Morgan fingerprint density at radius 3 is 2.95 bits per heavy atom. The first-order valence-electron chi connectivity index (χ1n) is 6.50. The van der Waals surface area contributed by atoms with Crippen molar-refractivity contribution in [3.63, 3.8) is 0 Å². The lowest BCUT2D eigenvalue weighted by atomic mass is 10.1. The molecule has 0 spiro atoms. The zero-order chi connectivity index (χ0) is 13.7. The zero-order valence-electron chi connectivity index (χ0n) is 11.0. The molecule has 0 aromatic carbocycles. The summed E-state index contributed by atoms with van der Waals surface area (Å²) in [6.45, 7) is 4.83. The highest BCUT2D eigenvalue weighted by Gasteiger charge is 2.41. The van der Waals surface area contributed by atoms with E-state index >= 15 is 0 Å². The molecule has 104 valence electrons. The average molecular weight is 266 g/mol. The molecule has 0 saturated carbocycles. The fraction of sp³-hybridized carbons (Fsp3) is 0.615. The van der Waals surface area contributed by atoms with Crippen molar-refractivity contribution >= 4 is 0 Å². The molecule has 3 heterocycles. The fourth-order valence-corrected chi connectivity index (χ4v) is 2.97. The van der Waals surface area contributed by atoms with Crippen LogP contribution in [-0.4, -0.2) is 38.6 Å². The SMILES string of the molecule is Cc1cn2c(c(O)c1=O)C(O)N1C(C2)OCC[C@H]1C. The van der Waals surface area contributed by atoms with E-state index in [4.69, 9.17) is 4.74 Å². The summed E-state index contributed by atoms with van der Waals surface area (Å²) in [4.78, 5) is 13.6. The van der Waals surface area contributed by atoms with Crippen molar-refractivity contribution < 1.29 is 14.9 Å². The van der Waals surface area contributed by atoms with E-state index in [1.165, 1.54) is 0 Å². The lowest BCUT2D eigenvalue weighted by Gasteiger charge is -2.47. The minimum absolute atomic E-state index is 0.151. The number of aliphatic hydroxyl groups is 1. The van der Waals surface area contributed by atoms with Gasteiger partial charge in [0.05, 0.1) is 13.2 Å². The molecular weight excluding hydrogens is 248 g/mol. The third-order valence-corrected chi connectivity index (χ3v) is 4.04. The minimum atomic E-state index is -1.01. The number of rotatable bonds is 0. The number of aliphatic hydroxyl groups excluding tert-OH is 1. The molecule has 1 saturated heterocycles. The largest absolute Gasteiger partial charge is 0.503 e. The second-order valence-electron chi connectivity index (χ2n) is 5.31. The number of hydrogen-bond acceptors (Lipinski definition) is 5. The highest BCUT2D eigenvalue weighted by molar-refractivity contribution is 5.33. The van der Waals surface area contributed by atoms with Gasteiger partial charge in [-0.15, -0.1) is 0 Å². The van der Waals surface area contributed by atoms with Crippen LogP contribution in [0.2, 0.25) is 0 Å². The van der Waals surface area contributed by atoms with Crippen LogP contribution in [-0.2, 0) is 11.3 Å². The maximum Gasteiger partial charge on any atom is 0.226 e. The van der Waals surface area contributed by atoms with Crippen LogP contribution in [0.4, 0.5) is 0 Å². The van der Waals surface area contributed by atoms with Crippen molar-refractivity contribution in [3.05, 3.63) is 27.7 Å². The molecule has 2 N–H and O–H groups in total. The number of nitrogens with zero attached hydrogens (tertiary/aromatic N) is 2. The molecule has 19 heavy (non-hydrogen) atoms. The van der Waals surface area contributed by atoms with Crippen molar-refractivity contribution in [1.29, 1.82) is 0 Å². The zero-order valence-corrected chi connectivity index (χ0v) is 11.0. The van der Waals surface area contributed by atoms with Gasteiger partial charge in [-0.05, 0) is 20.3 Å². The van der Waals surface area contributed by atoms with Crippen LogP contribution in [0.3, 0.4) is 0 Å². The van der Waals surface area contributed by atoms with Gasteiger partial charge in [0.15, 0.2) is 12.0 Å². The lowest BCUT2D eigenvalue weighted by molar-refractivity contribution is -0.204. The molecular formula is C13H18N2O4. The molecule has 1 aromatic rings. The summed E-state index contributed by atoms with van der Waals surface area (Å²) in [6, 6.07) is 0.151. The molecule has 2 aliphatic rings. The normalized spacial score (nSPS) is 30.8. The molecule has 0 aliphatic carbocycles. The third-order valence-electron chi connectivity index (χ3n) is 4.04. The lowest BCUT2D eigenvalue weighted by Crippen LogP contribution is -2.55. The number of fused-ring (bicyclic) bond motifs is 2. The van der Waals surface area contributed by atoms with Gasteiger partial charge in [-0.25, -0.2) is 4.90 Å². The first-order chi connectivity index (χ1) is 9.00.